The van der Waals surface area contributed by atoms with Gasteiger partial charge in [0.1, 0.15) is 0 Å². The Kier molecular flexibility index (Phi) is 4.39. The molecule has 0 bridgehead atoms. The number of alkyl halides is 3. The summed E-state index contributed by atoms with van der Waals surface area (Å²) in [4.78, 5) is 23.4. The molecule has 0 saturated carbocycles. The van der Waals surface area contributed by atoms with Crippen LogP contribution < -0.4 is 0 Å². The number of allylic oxidation sites excluding steroid dienone is 3. The van der Waals surface area contributed by atoms with Crippen LogP contribution in [0.15, 0.2) is 24.3 Å². The Morgan fingerprint density at radius 2 is 1.95 bits per heavy atom. The van der Waals surface area contributed by atoms with Crippen molar-refractivity contribution in [1.29, 1.82) is 0 Å². The molecule has 0 aliphatic carbocycles. The SMILES string of the molecule is CC=CC=CC(=O)N1CCC(C(=O)O)(C(F)(F)F)C1. The molecule has 0 spiro atoms. The van der Waals surface area contributed by atoms with Crippen LogP contribution in [-0.2, 0) is 9.59 Å². The van der Waals surface area contributed by atoms with Crippen molar-refractivity contribution in [3.05, 3.63) is 24.3 Å². The van der Waals surface area contributed by atoms with Crippen LogP contribution >= 0.6 is 0 Å². The molecule has 1 atom stereocenters. The normalized spacial score (nSPS) is 24.5. The largest absolute Gasteiger partial charge is 0.481 e. The molecule has 1 aliphatic heterocycles. The summed E-state index contributed by atoms with van der Waals surface area (Å²) in [5.41, 5.74) is -2.85. The van der Waals surface area contributed by atoms with E-state index in [1.54, 1.807) is 19.1 Å². The topological polar surface area (TPSA) is 57.6 Å². The van der Waals surface area contributed by atoms with Crippen LogP contribution in [0.1, 0.15) is 13.3 Å². The number of aliphatic carboxylic acids is 1. The van der Waals surface area contributed by atoms with Crippen molar-refractivity contribution in [3.8, 4) is 0 Å². The molecule has 1 saturated heterocycles. The van der Waals surface area contributed by atoms with E-state index in [1.165, 1.54) is 6.08 Å². The standard InChI is InChI=1S/C12H14F3NO3/c1-2-3-4-5-9(17)16-7-6-11(8-16,10(18)19)12(13,14)15/h2-5H,6-8H2,1H3,(H,18,19). The molecular formula is C12H14F3NO3. The summed E-state index contributed by atoms with van der Waals surface area (Å²) in [6.45, 7) is 0.666. The summed E-state index contributed by atoms with van der Waals surface area (Å²) in [5, 5.41) is 8.83. The molecule has 0 aromatic carbocycles. The number of hydrogen-bond donors (Lipinski definition) is 1. The monoisotopic (exact) mass is 277 g/mol. The van der Waals surface area contributed by atoms with Gasteiger partial charge in [0.05, 0.1) is 0 Å². The van der Waals surface area contributed by atoms with Crippen molar-refractivity contribution in [2.75, 3.05) is 13.1 Å². The molecule has 0 radical (unpaired) electrons. The fourth-order valence-corrected chi connectivity index (χ4v) is 1.88. The maximum absolute atomic E-state index is 12.9. The van der Waals surface area contributed by atoms with E-state index in [9.17, 15) is 22.8 Å². The van der Waals surface area contributed by atoms with Gasteiger partial charge in [0.15, 0.2) is 5.41 Å². The molecule has 19 heavy (non-hydrogen) atoms. The predicted octanol–water partition coefficient (Wildman–Crippen LogP) is 1.98. The summed E-state index contributed by atoms with van der Waals surface area (Å²) < 4.78 is 38.6. The van der Waals surface area contributed by atoms with Crippen molar-refractivity contribution in [2.45, 2.75) is 19.5 Å². The maximum Gasteiger partial charge on any atom is 0.406 e. The van der Waals surface area contributed by atoms with E-state index in [0.29, 0.717) is 0 Å². The molecular weight excluding hydrogens is 263 g/mol. The zero-order valence-electron chi connectivity index (χ0n) is 10.3. The second-order valence-corrected chi connectivity index (χ2v) is 4.28. The van der Waals surface area contributed by atoms with Gasteiger partial charge in [0.2, 0.25) is 5.91 Å². The number of rotatable bonds is 3. The van der Waals surface area contributed by atoms with E-state index in [-0.39, 0.29) is 6.54 Å². The van der Waals surface area contributed by atoms with Gasteiger partial charge in [-0.25, -0.2) is 0 Å². The van der Waals surface area contributed by atoms with Crippen LogP contribution in [-0.4, -0.2) is 41.1 Å². The van der Waals surface area contributed by atoms with Gasteiger partial charge in [-0.3, -0.25) is 9.59 Å². The van der Waals surface area contributed by atoms with Gasteiger partial charge < -0.3 is 10.0 Å². The first-order chi connectivity index (χ1) is 8.74. The van der Waals surface area contributed by atoms with Gasteiger partial charge in [-0.2, -0.15) is 13.2 Å². The van der Waals surface area contributed by atoms with Crippen LogP contribution in [0, 0.1) is 5.41 Å². The first-order valence-corrected chi connectivity index (χ1v) is 5.63. The van der Waals surface area contributed by atoms with E-state index in [0.717, 1.165) is 11.0 Å². The van der Waals surface area contributed by atoms with Crippen LogP contribution in [0.25, 0.3) is 0 Å². The minimum atomic E-state index is -4.87. The number of hydrogen-bond acceptors (Lipinski definition) is 2. The minimum Gasteiger partial charge on any atom is -0.481 e. The van der Waals surface area contributed by atoms with E-state index in [1.807, 2.05) is 0 Å². The second kappa shape index (κ2) is 5.46. The zero-order chi connectivity index (χ0) is 14.7. The molecule has 1 N–H and O–H groups in total. The molecule has 1 aliphatic rings. The lowest BCUT2D eigenvalue weighted by molar-refractivity contribution is -0.227. The Labute approximate surface area is 108 Å². The third kappa shape index (κ3) is 2.97. The molecule has 1 fully saturated rings. The molecule has 1 heterocycles. The van der Waals surface area contributed by atoms with Crippen molar-refractivity contribution in [1.82, 2.24) is 4.90 Å². The van der Waals surface area contributed by atoms with E-state index in [2.05, 4.69) is 0 Å². The molecule has 1 amide bonds. The molecule has 1 rings (SSSR count). The number of carbonyl (C=O) groups excluding carboxylic acids is 1. The van der Waals surface area contributed by atoms with Gasteiger partial charge in [-0.05, 0) is 13.3 Å². The van der Waals surface area contributed by atoms with Gasteiger partial charge in [0.25, 0.3) is 0 Å². The number of amides is 1. The van der Waals surface area contributed by atoms with E-state index < -0.39 is 36.4 Å². The maximum atomic E-state index is 12.9. The van der Waals surface area contributed by atoms with Crippen molar-refractivity contribution >= 4 is 11.9 Å². The predicted molar refractivity (Wildman–Crippen MR) is 61.3 cm³/mol. The smallest absolute Gasteiger partial charge is 0.406 e. The first-order valence-electron chi connectivity index (χ1n) is 5.63. The molecule has 1 unspecified atom stereocenters. The fourth-order valence-electron chi connectivity index (χ4n) is 1.88. The average molecular weight is 277 g/mol. The van der Waals surface area contributed by atoms with Crippen molar-refractivity contribution in [2.24, 2.45) is 5.41 Å². The van der Waals surface area contributed by atoms with Gasteiger partial charge >= 0.3 is 12.1 Å². The van der Waals surface area contributed by atoms with Crippen LogP contribution in [0.5, 0.6) is 0 Å². The lowest BCUT2D eigenvalue weighted by atomic mass is 9.86. The molecule has 0 aromatic rings. The van der Waals surface area contributed by atoms with Crippen LogP contribution in [0.3, 0.4) is 0 Å². The Morgan fingerprint density at radius 3 is 2.37 bits per heavy atom. The molecule has 0 aromatic heterocycles. The third-order valence-corrected chi connectivity index (χ3v) is 3.08. The summed E-state index contributed by atoms with van der Waals surface area (Å²) in [7, 11) is 0. The van der Waals surface area contributed by atoms with E-state index >= 15 is 0 Å². The fraction of sp³-hybridized carbons (Fsp3) is 0.500. The lowest BCUT2D eigenvalue weighted by Crippen LogP contribution is -2.47. The zero-order valence-corrected chi connectivity index (χ0v) is 10.3. The second-order valence-electron chi connectivity index (χ2n) is 4.28. The van der Waals surface area contributed by atoms with Gasteiger partial charge in [0, 0.05) is 19.2 Å². The number of carboxylic acid groups (broad SMARTS) is 1. The number of nitrogens with zero attached hydrogens (tertiary/aromatic N) is 1. The highest BCUT2D eigenvalue weighted by molar-refractivity contribution is 5.89. The number of carboxylic acids is 1. The molecule has 7 heteroatoms. The Bertz CT molecular complexity index is 428. The summed E-state index contributed by atoms with van der Waals surface area (Å²) in [6.07, 6.45) is 0.244. The van der Waals surface area contributed by atoms with Gasteiger partial charge in [-0.15, -0.1) is 0 Å². The third-order valence-electron chi connectivity index (χ3n) is 3.08. The average Bonchev–Trinajstić information content (AvgIpc) is 2.74. The number of halogens is 3. The number of carbonyl (C=O) groups is 2. The minimum absolute atomic E-state index is 0.217. The summed E-state index contributed by atoms with van der Waals surface area (Å²) >= 11 is 0. The highest BCUT2D eigenvalue weighted by atomic mass is 19.4. The molecule has 4 nitrogen and oxygen atoms in total. The van der Waals surface area contributed by atoms with Crippen molar-refractivity contribution in [3.63, 3.8) is 0 Å². The Hall–Kier alpha value is -1.79. The Morgan fingerprint density at radius 1 is 1.32 bits per heavy atom. The Balaban J connectivity index is 2.86. The van der Waals surface area contributed by atoms with Crippen LogP contribution in [0.4, 0.5) is 13.2 Å². The highest BCUT2D eigenvalue weighted by Crippen LogP contribution is 2.45. The quantitative estimate of drug-likeness (QED) is 0.634. The number of likely N-dealkylation sites (tertiary alicyclic amines) is 1. The summed E-state index contributed by atoms with van der Waals surface area (Å²) in [6, 6.07) is 0. The van der Waals surface area contributed by atoms with Crippen molar-refractivity contribution < 1.29 is 27.9 Å². The lowest BCUT2D eigenvalue weighted by Gasteiger charge is -2.26. The van der Waals surface area contributed by atoms with E-state index in [4.69, 9.17) is 5.11 Å². The summed E-state index contributed by atoms with van der Waals surface area (Å²) in [5.74, 6) is -2.56. The first kappa shape index (κ1) is 15.3. The highest BCUT2D eigenvalue weighted by Gasteiger charge is 2.64. The van der Waals surface area contributed by atoms with Crippen LogP contribution in [0.2, 0.25) is 0 Å². The van der Waals surface area contributed by atoms with Gasteiger partial charge in [-0.1, -0.05) is 18.2 Å². The molecule has 106 valence electrons.